The van der Waals surface area contributed by atoms with Gasteiger partial charge in [-0.1, -0.05) is 28.4 Å². The number of nitrogens with zero attached hydrogens (tertiary/aromatic N) is 4. The van der Waals surface area contributed by atoms with Gasteiger partial charge in [0.2, 0.25) is 5.91 Å². The van der Waals surface area contributed by atoms with E-state index in [0.29, 0.717) is 22.3 Å². The van der Waals surface area contributed by atoms with Crippen LogP contribution in [0.3, 0.4) is 0 Å². The van der Waals surface area contributed by atoms with E-state index in [-0.39, 0.29) is 18.3 Å². The van der Waals surface area contributed by atoms with Crippen LogP contribution in [0, 0.1) is 0 Å². The Morgan fingerprint density at radius 2 is 2.00 bits per heavy atom. The van der Waals surface area contributed by atoms with Crippen LogP contribution in [-0.4, -0.2) is 58.6 Å². The first-order valence-electron chi connectivity index (χ1n) is 8.09. The third-order valence-corrected chi connectivity index (χ3v) is 4.65. The Balaban J connectivity index is 0.00000243. The van der Waals surface area contributed by atoms with Gasteiger partial charge in [-0.15, -0.1) is 17.5 Å². The summed E-state index contributed by atoms with van der Waals surface area (Å²) in [7, 11) is 0. The van der Waals surface area contributed by atoms with E-state index in [1.807, 2.05) is 0 Å². The summed E-state index contributed by atoms with van der Waals surface area (Å²) in [5.74, 6) is 0.330. The topological polar surface area (TPSA) is 72.3 Å². The fourth-order valence-electron chi connectivity index (χ4n) is 2.57. The van der Waals surface area contributed by atoms with Crippen molar-refractivity contribution >= 4 is 47.3 Å². The number of amides is 1. The maximum Gasteiger partial charge on any atom is 0.225 e. The largest absolute Gasteiger partial charge is 0.379 e. The van der Waals surface area contributed by atoms with E-state index in [1.165, 1.54) is 4.68 Å². The molecule has 1 aliphatic rings. The lowest BCUT2D eigenvalue weighted by Gasteiger charge is -2.26. The van der Waals surface area contributed by atoms with E-state index in [4.69, 9.17) is 27.9 Å². The Kier molecular flexibility index (Phi) is 8.12. The number of nitrogens with one attached hydrogen (secondary N) is 1. The van der Waals surface area contributed by atoms with Crippen molar-refractivity contribution in [2.45, 2.75) is 12.8 Å². The van der Waals surface area contributed by atoms with Gasteiger partial charge < -0.3 is 10.1 Å². The van der Waals surface area contributed by atoms with Gasteiger partial charge in [-0.2, -0.15) is 0 Å². The van der Waals surface area contributed by atoms with E-state index in [1.54, 1.807) is 24.4 Å². The van der Waals surface area contributed by atoms with Crippen LogP contribution < -0.4 is 5.32 Å². The van der Waals surface area contributed by atoms with E-state index in [9.17, 15) is 4.79 Å². The van der Waals surface area contributed by atoms with Crippen molar-refractivity contribution < 1.29 is 9.53 Å². The van der Waals surface area contributed by atoms with Crippen LogP contribution in [0.5, 0.6) is 0 Å². The second-order valence-electron chi connectivity index (χ2n) is 5.75. The number of aromatic nitrogens is 3. The maximum absolute atomic E-state index is 12.0. The number of benzene rings is 1. The van der Waals surface area contributed by atoms with Crippen molar-refractivity contribution in [2.24, 2.45) is 0 Å². The van der Waals surface area contributed by atoms with Gasteiger partial charge in [0, 0.05) is 19.5 Å². The molecule has 2 heterocycles. The number of ether oxygens (including phenoxy) is 1. The van der Waals surface area contributed by atoms with Gasteiger partial charge in [0.05, 0.1) is 35.1 Å². The van der Waals surface area contributed by atoms with Gasteiger partial charge in [-0.3, -0.25) is 9.69 Å². The monoisotopic (exact) mass is 419 g/mol. The average Bonchev–Trinajstić information content (AvgIpc) is 3.06. The summed E-state index contributed by atoms with van der Waals surface area (Å²) in [6, 6.07) is 5.15. The van der Waals surface area contributed by atoms with Crippen molar-refractivity contribution in [3.05, 3.63) is 34.4 Å². The molecule has 0 spiro atoms. The number of carbonyl (C=O) groups excluding carboxylic acids is 1. The molecule has 142 valence electrons. The Morgan fingerprint density at radius 1 is 1.23 bits per heavy atom. The van der Waals surface area contributed by atoms with Crippen LogP contribution in [0.15, 0.2) is 24.4 Å². The van der Waals surface area contributed by atoms with Crippen molar-refractivity contribution in [3.8, 4) is 5.69 Å². The van der Waals surface area contributed by atoms with Crippen molar-refractivity contribution in [3.63, 3.8) is 0 Å². The van der Waals surface area contributed by atoms with Gasteiger partial charge in [-0.25, -0.2) is 4.68 Å². The second-order valence-corrected chi connectivity index (χ2v) is 6.57. The third-order valence-electron chi connectivity index (χ3n) is 3.91. The zero-order valence-corrected chi connectivity index (χ0v) is 16.4. The molecule has 10 heteroatoms. The number of rotatable bonds is 6. The molecule has 3 rings (SSSR count). The lowest BCUT2D eigenvalue weighted by atomic mass is 10.2. The quantitative estimate of drug-likeness (QED) is 0.777. The zero-order chi connectivity index (χ0) is 17.6. The molecule has 0 unspecified atom stereocenters. The van der Waals surface area contributed by atoms with Crippen LogP contribution in [0.4, 0.5) is 5.82 Å². The predicted octanol–water partition coefficient (Wildman–Crippen LogP) is 3.05. The van der Waals surface area contributed by atoms with Gasteiger partial charge in [-0.05, 0) is 31.2 Å². The predicted molar refractivity (Wildman–Crippen MR) is 104 cm³/mol. The summed E-state index contributed by atoms with van der Waals surface area (Å²) in [6.45, 7) is 4.29. The smallest absolute Gasteiger partial charge is 0.225 e. The summed E-state index contributed by atoms with van der Waals surface area (Å²) in [5.41, 5.74) is 0.717. The molecule has 0 saturated carbocycles. The lowest BCUT2D eigenvalue weighted by molar-refractivity contribution is -0.116. The Hall–Kier alpha value is -1.38. The van der Waals surface area contributed by atoms with Crippen molar-refractivity contribution in [1.82, 2.24) is 19.9 Å². The molecule has 1 aromatic heterocycles. The lowest BCUT2D eigenvalue weighted by Crippen LogP contribution is -2.37. The first-order valence-corrected chi connectivity index (χ1v) is 8.85. The fraction of sp³-hybridized carbons (Fsp3) is 0.438. The Morgan fingerprint density at radius 3 is 2.73 bits per heavy atom. The molecule has 2 aromatic rings. The van der Waals surface area contributed by atoms with Crippen molar-refractivity contribution in [1.29, 1.82) is 0 Å². The van der Waals surface area contributed by atoms with Crippen molar-refractivity contribution in [2.75, 3.05) is 38.2 Å². The maximum atomic E-state index is 12.0. The van der Waals surface area contributed by atoms with Crippen LogP contribution >= 0.6 is 35.6 Å². The average molecular weight is 421 g/mol. The van der Waals surface area contributed by atoms with Gasteiger partial charge in [0.15, 0.2) is 5.82 Å². The van der Waals surface area contributed by atoms with Crippen LogP contribution in [0.2, 0.25) is 10.0 Å². The summed E-state index contributed by atoms with van der Waals surface area (Å²) >= 11 is 11.9. The third kappa shape index (κ3) is 5.82. The van der Waals surface area contributed by atoms with Crippen LogP contribution in [0.1, 0.15) is 12.8 Å². The molecule has 0 atom stereocenters. The Bertz CT molecular complexity index is 734. The minimum atomic E-state index is -0.0746. The van der Waals surface area contributed by atoms with Crippen LogP contribution in [0.25, 0.3) is 5.69 Å². The molecule has 0 bridgehead atoms. The van der Waals surface area contributed by atoms with Crippen LogP contribution in [-0.2, 0) is 9.53 Å². The highest BCUT2D eigenvalue weighted by Gasteiger charge is 2.12. The standard InChI is InChI=1S/C16H19Cl2N5O2.ClH/c17-13-4-3-12(10-14(13)18)23-11-15(20-21-23)19-16(24)2-1-5-22-6-8-25-9-7-22;/h3-4,10-11H,1-2,5-9H2,(H,19,24);1H. The minimum absolute atomic E-state index is 0. The van der Waals surface area contributed by atoms with Gasteiger partial charge >= 0.3 is 0 Å². The fourth-order valence-corrected chi connectivity index (χ4v) is 2.86. The number of anilines is 1. The first kappa shape index (κ1) is 20.9. The molecule has 7 nitrogen and oxygen atoms in total. The molecular weight excluding hydrogens is 401 g/mol. The molecule has 1 aromatic carbocycles. The zero-order valence-electron chi connectivity index (χ0n) is 14.0. The van der Waals surface area contributed by atoms with Gasteiger partial charge in [0.1, 0.15) is 0 Å². The molecule has 26 heavy (non-hydrogen) atoms. The Labute approximate surface area is 168 Å². The highest BCUT2D eigenvalue weighted by Crippen LogP contribution is 2.24. The molecule has 0 aliphatic carbocycles. The normalized spacial score (nSPS) is 14.7. The number of halogens is 3. The summed E-state index contributed by atoms with van der Waals surface area (Å²) in [4.78, 5) is 14.3. The van der Waals surface area contributed by atoms with E-state index < -0.39 is 0 Å². The summed E-state index contributed by atoms with van der Waals surface area (Å²) in [5, 5.41) is 11.6. The van der Waals surface area contributed by atoms with E-state index in [2.05, 4.69) is 20.5 Å². The molecule has 0 radical (unpaired) electrons. The number of morpholine rings is 1. The summed E-state index contributed by atoms with van der Waals surface area (Å²) < 4.78 is 6.84. The second kappa shape index (κ2) is 10.1. The molecular formula is C16H20Cl3N5O2. The molecule has 1 aliphatic heterocycles. The highest BCUT2D eigenvalue weighted by molar-refractivity contribution is 6.42. The number of carbonyl (C=O) groups is 1. The highest BCUT2D eigenvalue weighted by atomic mass is 35.5. The van der Waals surface area contributed by atoms with E-state index >= 15 is 0 Å². The van der Waals surface area contributed by atoms with Gasteiger partial charge in [0.25, 0.3) is 0 Å². The number of hydrogen-bond acceptors (Lipinski definition) is 5. The number of hydrogen-bond donors (Lipinski definition) is 1. The SMILES string of the molecule is Cl.O=C(CCCN1CCOCC1)Nc1cn(-c2ccc(Cl)c(Cl)c2)nn1. The summed E-state index contributed by atoms with van der Waals surface area (Å²) in [6.07, 6.45) is 2.88. The molecule has 1 saturated heterocycles. The first-order chi connectivity index (χ1) is 12.1. The minimum Gasteiger partial charge on any atom is -0.379 e. The molecule has 1 amide bonds. The molecule has 1 N–H and O–H groups in total. The molecule has 1 fully saturated rings. The van der Waals surface area contributed by atoms with E-state index in [0.717, 1.165) is 45.0 Å².